The summed E-state index contributed by atoms with van der Waals surface area (Å²) >= 11 is 1.88. The van der Waals surface area contributed by atoms with Crippen LogP contribution in [0.2, 0.25) is 0 Å². The van der Waals surface area contributed by atoms with E-state index in [1.165, 1.54) is 9.75 Å². The van der Waals surface area contributed by atoms with Crippen LogP contribution in [0.4, 0.5) is 0 Å². The van der Waals surface area contributed by atoms with Crippen molar-refractivity contribution in [3.63, 3.8) is 0 Å². The van der Waals surface area contributed by atoms with Crippen LogP contribution < -0.4 is 0 Å². The first-order valence-electron chi connectivity index (χ1n) is 3.84. The van der Waals surface area contributed by atoms with E-state index >= 15 is 0 Å². The SMILES string of the molecule is Cc1ccc(C(C)N(C)C)s1. The fourth-order valence-corrected chi connectivity index (χ4v) is 1.96. The molecule has 0 aliphatic carbocycles. The number of nitrogens with zero attached hydrogens (tertiary/aromatic N) is 1. The lowest BCUT2D eigenvalue weighted by molar-refractivity contribution is 0.325. The summed E-state index contributed by atoms with van der Waals surface area (Å²) in [5, 5.41) is 0. The Hall–Kier alpha value is -0.340. The third kappa shape index (κ3) is 2.04. The maximum absolute atomic E-state index is 2.23. The lowest BCUT2D eigenvalue weighted by atomic mass is 10.2. The summed E-state index contributed by atoms with van der Waals surface area (Å²) in [4.78, 5) is 5.08. The third-order valence-corrected chi connectivity index (χ3v) is 3.12. The van der Waals surface area contributed by atoms with Crippen molar-refractivity contribution < 1.29 is 0 Å². The van der Waals surface area contributed by atoms with E-state index in [9.17, 15) is 0 Å². The van der Waals surface area contributed by atoms with Crippen LogP contribution in [-0.2, 0) is 0 Å². The van der Waals surface area contributed by atoms with E-state index < -0.39 is 0 Å². The predicted molar refractivity (Wildman–Crippen MR) is 51.2 cm³/mol. The van der Waals surface area contributed by atoms with E-state index in [0.717, 1.165) is 0 Å². The topological polar surface area (TPSA) is 3.24 Å². The second kappa shape index (κ2) is 3.37. The van der Waals surface area contributed by atoms with Crippen molar-refractivity contribution in [2.45, 2.75) is 19.9 Å². The van der Waals surface area contributed by atoms with Gasteiger partial charge in [-0.1, -0.05) is 0 Å². The molecule has 2 heteroatoms. The van der Waals surface area contributed by atoms with Gasteiger partial charge in [0.15, 0.2) is 0 Å². The van der Waals surface area contributed by atoms with Crippen LogP contribution in [0.1, 0.15) is 22.7 Å². The molecule has 1 rings (SSSR count). The molecule has 0 bridgehead atoms. The molecule has 1 atom stereocenters. The van der Waals surface area contributed by atoms with Gasteiger partial charge in [-0.05, 0) is 40.1 Å². The fraction of sp³-hybridized carbons (Fsp3) is 0.556. The van der Waals surface area contributed by atoms with Crippen LogP contribution >= 0.6 is 11.3 Å². The average Bonchev–Trinajstić information content (AvgIpc) is 2.34. The molecule has 0 saturated heterocycles. The Bertz CT molecular complexity index is 227. The Labute approximate surface area is 72.7 Å². The second-order valence-electron chi connectivity index (χ2n) is 3.09. The molecule has 11 heavy (non-hydrogen) atoms. The molecule has 0 saturated carbocycles. The monoisotopic (exact) mass is 169 g/mol. The van der Waals surface area contributed by atoms with Gasteiger partial charge in [0.05, 0.1) is 0 Å². The quantitative estimate of drug-likeness (QED) is 0.658. The molecule has 0 N–H and O–H groups in total. The van der Waals surface area contributed by atoms with Crippen molar-refractivity contribution >= 4 is 11.3 Å². The molecule has 1 aromatic rings. The number of hydrogen-bond acceptors (Lipinski definition) is 2. The van der Waals surface area contributed by atoms with E-state index in [1.807, 2.05) is 11.3 Å². The second-order valence-corrected chi connectivity index (χ2v) is 4.41. The highest BCUT2D eigenvalue weighted by molar-refractivity contribution is 7.12. The summed E-state index contributed by atoms with van der Waals surface area (Å²) in [7, 11) is 4.22. The lowest BCUT2D eigenvalue weighted by Crippen LogP contribution is -2.15. The van der Waals surface area contributed by atoms with E-state index in [0.29, 0.717) is 6.04 Å². The standard InChI is InChI=1S/C9H15NS/c1-7-5-6-9(11-7)8(2)10(3)4/h5-6,8H,1-4H3. The Morgan fingerprint density at radius 3 is 2.36 bits per heavy atom. The molecule has 0 amide bonds. The summed E-state index contributed by atoms with van der Waals surface area (Å²) in [6.07, 6.45) is 0. The van der Waals surface area contributed by atoms with Gasteiger partial charge < -0.3 is 4.90 Å². The van der Waals surface area contributed by atoms with Crippen molar-refractivity contribution in [3.05, 3.63) is 21.9 Å². The van der Waals surface area contributed by atoms with Crippen molar-refractivity contribution in [1.29, 1.82) is 0 Å². The smallest absolute Gasteiger partial charge is 0.0407 e. The molecule has 0 spiro atoms. The summed E-state index contributed by atoms with van der Waals surface area (Å²) in [5.74, 6) is 0. The molecular formula is C9H15NS. The van der Waals surface area contributed by atoms with Gasteiger partial charge in [0.25, 0.3) is 0 Å². The maximum Gasteiger partial charge on any atom is 0.0407 e. The van der Waals surface area contributed by atoms with Crippen molar-refractivity contribution in [2.24, 2.45) is 0 Å². The summed E-state index contributed by atoms with van der Waals surface area (Å²) in [6, 6.07) is 4.94. The first-order chi connectivity index (χ1) is 5.11. The molecule has 0 fully saturated rings. The molecular weight excluding hydrogens is 154 g/mol. The van der Waals surface area contributed by atoms with Crippen LogP contribution in [0.3, 0.4) is 0 Å². The van der Waals surface area contributed by atoms with Gasteiger partial charge in [-0.25, -0.2) is 0 Å². The average molecular weight is 169 g/mol. The Balaban J connectivity index is 2.76. The summed E-state index contributed by atoms with van der Waals surface area (Å²) in [5.41, 5.74) is 0. The van der Waals surface area contributed by atoms with E-state index in [4.69, 9.17) is 0 Å². The fourth-order valence-electron chi connectivity index (χ4n) is 0.932. The zero-order valence-electron chi connectivity index (χ0n) is 7.59. The van der Waals surface area contributed by atoms with Gasteiger partial charge in [-0.15, -0.1) is 11.3 Å². The van der Waals surface area contributed by atoms with E-state index in [1.54, 1.807) is 0 Å². The minimum atomic E-state index is 0.550. The van der Waals surface area contributed by atoms with Gasteiger partial charge in [0, 0.05) is 15.8 Å². The molecule has 62 valence electrons. The summed E-state index contributed by atoms with van der Waals surface area (Å²) in [6.45, 7) is 4.38. The first kappa shape index (κ1) is 8.75. The van der Waals surface area contributed by atoms with E-state index in [2.05, 4.69) is 45.0 Å². The van der Waals surface area contributed by atoms with Gasteiger partial charge >= 0.3 is 0 Å². The van der Waals surface area contributed by atoms with Crippen LogP contribution in [-0.4, -0.2) is 19.0 Å². The van der Waals surface area contributed by atoms with Gasteiger partial charge in [0.2, 0.25) is 0 Å². The molecule has 0 radical (unpaired) electrons. The minimum Gasteiger partial charge on any atom is -0.302 e. The van der Waals surface area contributed by atoms with Crippen molar-refractivity contribution in [3.8, 4) is 0 Å². The lowest BCUT2D eigenvalue weighted by Gasteiger charge is -2.17. The Kier molecular flexibility index (Phi) is 2.68. The number of hydrogen-bond donors (Lipinski definition) is 0. The highest BCUT2D eigenvalue weighted by atomic mass is 32.1. The maximum atomic E-state index is 2.23. The molecule has 1 heterocycles. The minimum absolute atomic E-state index is 0.550. The van der Waals surface area contributed by atoms with Gasteiger partial charge in [-0.2, -0.15) is 0 Å². The third-order valence-electron chi connectivity index (χ3n) is 1.95. The van der Waals surface area contributed by atoms with Crippen molar-refractivity contribution in [1.82, 2.24) is 4.90 Å². The van der Waals surface area contributed by atoms with E-state index in [-0.39, 0.29) is 0 Å². The van der Waals surface area contributed by atoms with Gasteiger partial charge in [0.1, 0.15) is 0 Å². The molecule has 1 unspecified atom stereocenters. The first-order valence-corrected chi connectivity index (χ1v) is 4.65. The number of aryl methyl sites for hydroxylation is 1. The highest BCUT2D eigenvalue weighted by Gasteiger charge is 2.08. The Morgan fingerprint density at radius 2 is 2.00 bits per heavy atom. The number of thiophene rings is 1. The largest absolute Gasteiger partial charge is 0.302 e. The molecule has 0 aliphatic rings. The zero-order valence-corrected chi connectivity index (χ0v) is 8.40. The molecule has 1 nitrogen and oxygen atoms in total. The van der Waals surface area contributed by atoms with Crippen LogP contribution in [0.25, 0.3) is 0 Å². The summed E-state index contributed by atoms with van der Waals surface area (Å²) < 4.78 is 0. The molecule has 0 aromatic carbocycles. The zero-order chi connectivity index (χ0) is 8.43. The predicted octanol–water partition coefficient (Wildman–Crippen LogP) is 2.68. The normalized spacial score (nSPS) is 13.9. The Morgan fingerprint density at radius 1 is 1.36 bits per heavy atom. The van der Waals surface area contributed by atoms with Crippen LogP contribution in [0, 0.1) is 6.92 Å². The highest BCUT2D eigenvalue weighted by Crippen LogP contribution is 2.24. The molecule has 1 aromatic heterocycles. The van der Waals surface area contributed by atoms with Crippen LogP contribution in [0.5, 0.6) is 0 Å². The van der Waals surface area contributed by atoms with Crippen LogP contribution in [0.15, 0.2) is 12.1 Å². The van der Waals surface area contributed by atoms with Gasteiger partial charge in [-0.3, -0.25) is 0 Å². The molecule has 0 aliphatic heterocycles. The van der Waals surface area contributed by atoms with Crippen molar-refractivity contribution in [2.75, 3.05) is 14.1 Å². The number of rotatable bonds is 2.